The van der Waals surface area contributed by atoms with Gasteiger partial charge in [-0.05, 0) is 24.6 Å². The molecule has 7 heteroatoms. The first-order valence-electron chi connectivity index (χ1n) is 8.24. The molecule has 1 aromatic rings. The van der Waals surface area contributed by atoms with Gasteiger partial charge in [0.25, 0.3) is 11.8 Å². The minimum atomic E-state index is 0.0550. The van der Waals surface area contributed by atoms with Crippen molar-refractivity contribution in [3.8, 4) is 0 Å². The minimum Gasteiger partial charge on any atom is -0.385 e. The number of methoxy groups -OCH3 is 1. The third kappa shape index (κ3) is 5.89. The van der Waals surface area contributed by atoms with E-state index >= 15 is 0 Å². The van der Waals surface area contributed by atoms with Crippen LogP contribution in [0.15, 0.2) is 28.7 Å². The van der Waals surface area contributed by atoms with Crippen molar-refractivity contribution in [2.45, 2.75) is 6.42 Å². The molecule has 1 heterocycles. The number of nitrogens with zero attached hydrogens (tertiary/aromatic N) is 1. The summed E-state index contributed by atoms with van der Waals surface area (Å²) in [7, 11) is 1.65. The zero-order valence-corrected chi connectivity index (χ0v) is 15.6. The number of quaternary nitrogens is 1. The maximum absolute atomic E-state index is 12.5. The lowest BCUT2D eigenvalue weighted by atomic mass is 10.2. The summed E-state index contributed by atoms with van der Waals surface area (Å²) in [6, 6.07) is 7.45. The molecular weight excluding hydrogens is 374 g/mol. The monoisotopic (exact) mass is 398 g/mol. The summed E-state index contributed by atoms with van der Waals surface area (Å²) >= 11 is 3.39. The number of ether oxygens (including phenoxy) is 1. The summed E-state index contributed by atoms with van der Waals surface area (Å²) < 4.78 is 5.86. The van der Waals surface area contributed by atoms with Crippen molar-refractivity contribution in [2.75, 3.05) is 53.0 Å². The van der Waals surface area contributed by atoms with E-state index in [2.05, 4.69) is 21.2 Å². The maximum Gasteiger partial charge on any atom is 0.275 e. The Hall–Kier alpha value is -1.44. The number of amides is 2. The van der Waals surface area contributed by atoms with Crippen LogP contribution in [0.2, 0.25) is 0 Å². The molecule has 0 aliphatic carbocycles. The van der Waals surface area contributed by atoms with Gasteiger partial charge in [0.2, 0.25) is 0 Å². The topological polar surface area (TPSA) is 63.1 Å². The summed E-state index contributed by atoms with van der Waals surface area (Å²) in [6.45, 7) is 4.72. The van der Waals surface area contributed by atoms with Gasteiger partial charge < -0.3 is 19.9 Å². The lowest BCUT2D eigenvalue weighted by molar-refractivity contribution is -0.896. The van der Waals surface area contributed by atoms with E-state index < -0.39 is 0 Å². The highest BCUT2D eigenvalue weighted by Gasteiger charge is 2.25. The van der Waals surface area contributed by atoms with Gasteiger partial charge in [-0.1, -0.05) is 22.0 Å². The predicted octanol–water partition coefficient (Wildman–Crippen LogP) is -0.0575. The van der Waals surface area contributed by atoms with E-state index in [9.17, 15) is 9.59 Å². The van der Waals surface area contributed by atoms with Crippen LogP contribution in [0.4, 0.5) is 0 Å². The number of hydrogen-bond donors (Lipinski definition) is 2. The van der Waals surface area contributed by atoms with Crippen LogP contribution in [0, 0.1) is 0 Å². The third-order valence-electron chi connectivity index (χ3n) is 4.09. The fraction of sp³-hybridized carbons (Fsp3) is 0.529. The SMILES string of the molecule is COCCCNC(=O)C[NH+]1CCN(C(=O)c2cccc(Br)c2)CC1. The van der Waals surface area contributed by atoms with E-state index in [1.54, 1.807) is 7.11 Å². The number of benzene rings is 1. The molecule has 0 saturated carbocycles. The van der Waals surface area contributed by atoms with Crippen LogP contribution < -0.4 is 10.2 Å². The first-order valence-corrected chi connectivity index (χ1v) is 9.03. The van der Waals surface area contributed by atoms with Gasteiger partial charge >= 0.3 is 0 Å². The predicted molar refractivity (Wildman–Crippen MR) is 95.1 cm³/mol. The molecule has 2 N–H and O–H groups in total. The summed E-state index contributed by atoms with van der Waals surface area (Å²) in [5.41, 5.74) is 0.698. The molecule has 0 bridgehead atoms. The smallest absolute Gasteiger partial charge is 0.275 e. The van der Waals surface area contributed by atoms with Gasteiger partial charge in [-0.3, -0.25) is 9.59 Å². The first kappa shape index (κ1) is 18.9. The van der Waals surface area contributed by atoms with E-state index in [0.29, 0.717) is 38.3 Å². The Balaban J connectivity index is 1.73. The van der Waals surface area contributed by atoms with E-state index in [0.717, 1.165) is 24.0 Å². The first-order chi connectivity index (χ1) is 11.6. The fourth-order valence-corrected chi connectivity index (χ4v) is 3.14. The van der Waals surface area contributed by atoms with Crippen molar-refractivity contribution in [2.24, 2.45) is 0 Å². The molecule has 0 aromatic heterocycles. The standard InChI is InChI=1S/C17H24BrN3O3/c1-24-11-3-6-19-16(22)13-20-7-9-21(10-8-20)17(23)14-4-2-5-15(18)12-14/h2,4-5,12H,3,6-11,13H2,1H3,(H,19,22)/p+1. The molecule has 1 fully saturated rings. The molecule has 24 heavy (non-hydrogen) atoms. The third-order valence-corrected chi connectivity index (χ3v) is 4.58. The largest absolute Gasteiger partial charge is 0.385 e. The average molecular weight is 399 g/mol. The van der Waals surface area contributed by atoms with E-state index in [4.69, 9.17) is 4.74 Å². The summed E-state index contributed by atoms with van der Waals surface area (Å²) in [6.07, 6.45) is 0.826. The number of rotatable bonds is 7. The summed E-state index contributed by atoms with van der Waals surface area (Å²) in [5.74, 6) is 0.118. The molecule has 132 valence electrons. The Morgan fingerprint density at radius 2 is 2.08 bits per heavy atom. The van der Waals surface area contributed by atoms with Crippen LogP contribution in [0.3, 0.4) is 0 Å². The van der Waals surface area contributed by atoms with E-state index in [1.807, 2.05) is 29.2 Å². The second-order valence-corrected chi connectivity index (χ2v) is 6.84. The highest BCUT2D eigenvalue weighted by molar-refractivity contribution is 9.10. The second kappa shape index (κ2) is 9.76. The number of carbonyl (C=O) groups excluding carboxylic acids is 2. The number of hydrogen-bond acceptors (Lipinski definition) is 3. The normalized spacial score (nSPS) is 15.3. The van der Waals surface area contributed by atoms with E-state index in [1.165, 1.54) is 4.90 Å². The molecule has 6 nitrogen and oxygen atoms in total. The molecule has 0 atom stereocenters. The van der Waals surface area contributed by atoms with Crippen molar-refractivity contribution in [3.05, 3.63) is 34.3 Å². The Bertz CT molecular complexity index is 560. The molecule has 2 rings (SSSR count). The van der Waals surface area contributed by atoms with Gasteiger partial charge in [0.15, 0.2) is 6.54 Å². The lowest BCUT2D eigenvalue weighted by Gasteiger charge is -2.32. The number of carbonyl (C=O) groups is 2. The van der Waals surface area contributed by atoms with Crippen LogP contribution >= 0.6 is 15.9 Å². The second-order valence-electron chi connectivity index (χ2n) is 5.93. The van der Waals surface area contributed by atoms with Gasteiger partial charge in [-0.15, -0.1) is 0 Å². The molecule has 1 saturated heterocycles. The van der Waals surface area contributed by atoms with Crippen LogP contribution in [-0.4, -0.2) is 69.7 Å². The van der Waals surface area contributed by atoms with Gasteiger partial charge in [0.05, 0.1) is 26.2 Å². The highest BCUT2D eigenvalue weighted by atomic mass is 79.9. The van der Waals surface area contributed by atoms with Crippen LogP contribution in [0.1, 0.15) is 16.8 Å². The molecule has 1 aliphatic rings. The Kier molecular flexibility index (Phi) is 7.68. The molecule has 1 aliphatic heterocycles. The molecule has 2 amide bonds. The number of nitrogens with one attached hydrogen (secondary N) is 2. The Morgan fingerprint density at radius 1 is 1.33 bits per heavy atom. The van der Waals surface area contributed by atoms with Crippen LogP contribution in [-0.2, 0) is 9.53 Å². The molecule has 1 aromatic carbocycles. The van der Waals surface area contributed by atoms with Crippen molar-refractivity contribution >= 4 is 27.7 Å². The quantitative estimate of drug-likeness (QED) is 0.632. The molecule has 0 radical (unpaired) electrons. The number of halogens is 1. The zero-order valence-electron chi connectivity index (χ0n) is 14.0. The van der Waals surface area contributed by atoms with Gasteiger partial charge in [0.1, 0.15) is 0 Å². The Morgan fingerprint density at radius 3 is 2.75 bits per heavy atom. The average Bonchev–Trinajstić information content (AvgIpc) is 2.59. The number of piperazine rings is 1. The van der Waals surface area contributed by atoms with Crippen molar-refractivity contribution in [1.82, 2.24) is 10.2 Å². The van der Waals surface area contributed by atoms with Crippen molar-refractivity contribution < 1.29 is 19.2 Å². The van der Waals surface area contributed by atoms with E-state index in [-0.39, 0.29) is 11.8 Å². The lowest BCUT2D eigenvalue weighted by Crippen LogP contribution is -3.15. The summed E-state index contributed by atoms with van der Waals surface area (Å²) in [4.78, 5) is 27.5. The van der Waals surface area contributed by atoms with Crippen molar-refractivity contribution in [1.29, 1.82) is 0 Å². The molecule has 0 unspecified atom stereocenters. The van der Waals surface area contributed by atoms with Crippen LogP contribution in [0.5, 0.6) is 0 Å². The maximum atomic E-state index is 12.5. The zero-order chi connectivity index (χ0) is 17.4. The summed E-state index contributed by atoms with van der Waals surface area (Å²) in [5, 5.41) is 2.91. The molecule has 0 spiro atoms. The van der Waals surface area contributed by atoms with Gasteiger partial charge in [0, 0.05) is 30.3 Å². The van der Waals surface area contributed by atoms with Gasteiger partial charge in [-0.2, -0.15) is 0 Å². The minimum absolute atomic E-state index is 0.0550. The molecular formula is C17H25BrN3O3+. The Labute approximate surface area is 151 Å². The fourth-order valence-electron chi connectivity index (χ4n) is 2.74. The van der Waals surface area contributed by atoms with Crippen LogP contribution in [0.25, 0.3) is 0 Å². The van der Waals surface area contributed by atoms with Gasteiger partial charge in [-0.25, -0.2) is 0 Å². The highest BCUT2D eigenvalue weighted by Crippen LogP contribution is 2.13. The van der Waals surface area contributed by atoms with Crippen molar-refractivity contribution in [3.63, 3.8) is 0 Å².